The number of hydrogen-bond donors (Lipinski definition) is 1. The molecule has 1 unspecified atom stereocenters. The highest BCUT2D eigenvalue weighted by molar-refractivity contribution is 7.92. The molecule has 6 nitrogen and oxygen atoms in total. The maximum atomic E-state index is 12.1. The molecule has 0 aliphatic carbocycles. The Bertz CT molecular complexity index is 695. The Morgan fingerprint density at radius 3 is 2.95 bits per heavy atom. The summed E-state index contributed by atoms with van der Waals surface area (Å²) in [4.78, 5) is 0.187. The molecule has 100 valence electrons. The van der Waals surface area contributed by atoms with Gasteiger partial charge in [0.05, 0.1) is 4.90 Å². The van der Waals surface area contributed by atoms with Crippen molar-refractivity contribution in [1.82, 2.24) is 5.16 Å². The fourth-order valence-corrected chi connectivity index (χ4v) is 3.07. The van der Waals surface area contributed by atoms with Crippen molar-refractivity contribution < 1.29 is 17.7 Å². The molecular formula is C12H12N2O4S. The van der Waals surface area contributed by atoms with Crippen LogP contribution in [0.3, 0.4) is 0 Å². The maximum absolute atomic E-state index is 12.1. The first-order valence-electron chi connectivity index (χ1n) is 5.77. The number of ether oxygens (including phenoxy) is 1. The van der Waals surface area contributed by atoms with Crippen molar-refractivity contribution in [2.45, 2.75) is 24.3 Å². The molecule has 2 aromatic rings. The van der Waals surface area contributed by atoms with Crippen LogP contribution in [-0.4, -0.2) is 19.7 Å². The summed E-state index contributed by atoms with van der Waals surface area (Å²) in [6.07, 6.45) is 2.09. The van der Waals surface area contributed by atoms with Crippen LogP contribution in [0.5, 0.6) is 5.75 Å². The van der Waals surface area contributed by atoms with Gasteiger partial charge in [-0.15, -0.1) is 0 Å². The van der Waals surface area contributed by atoms with E-state index in [4.69, 9.17) is 4.74 Å². The van der Waals surface area contributed by atoms with Crippen LogP contribution in [0.1, 0.15) is 12.5 Å². The van der Waals surface area contributed by atoms with Gasteiger partial charge >= 0.3 is 0 Å². The van der Waals surface area contributed by atoms with Crippen LogP contribution in [0.2, 0.25) is 0 Å². The lowest BCUT2D eigenvalue weighted by Crippen LogP contribution is -2.13. The molecule has 0 spiro atoms. The quantitative estimate of drug-likeness (QED) is 0.927. The monoisotopic (exact) mass is 280 g/mol. The smallest absolute Gasteiger partial charge is 0.263 e. The molecule has 1 aliphatic heterocycles. The highest BCUT2D eigenvalue weighted by atomic mass is 32.2. The Morgan fingerprint density at radius 1 is 1.37 bits per heavy atom. The Kier molecular flexibility index (Phi) is 2.70. The van der Waals surface area contributed by atoms with Gasteiger partial charge in [-0.05, 0) is 30.7 Å². The summed E-state index contributed by atoms with van der Waals surface area (Å²) in [6, 6.07) is 6.26. The third-order valence-corrected chi connectivity index (χ3v) is 4.21. The summed E-state index contributed by atoms with van der Waals surface area (Å²) in [5.74, 6) is 0.901. The first kappa shape index (κ1) is 12.0. The van der Waals surface area contributed by atoms with E-state index in [2.05, 4.69) is 14.4 Å². The van der Waals surface area contributed by atoms with Crippen molar-refractivity contribution in [1.29, 1.82) is 0 Å². The van der Waals surface area contributed by atoms with Crippen LogP contribution in [0.15, 0.2) is 39.9 Å². The van der Waals surface area contributed by atoms with Crippen molar-refractivity contribution in [3.05, 3.63) is 36.1 Å². The zero-order valence-electron chi connectivity index (χ0n) is 10.2. The zero-order valence-corrected chi connectivity index (χ0v) is 11.0. The standard InChI is InChI=1S/C12H12N2O4S/c1-8-6-9-7-10(2-3-11(9)18-8)19(15,16)14-12-4-5-17-13-12/h2-5,7-8H,6H2,1H3,(H,13,14). The van der Waals surface area contributed by atoms with Crippen LogP contribution < -0.4 is 9.46 Å². The van der Waals surface area contributed by atoms with Crippen molar-refractivity contribution in [2.75, 3.05) is 4.72 Å². The highest BCUT2D eigenvalue weighted by Gasteiger charge is 2.23. The third-order valence-electron chi connectivity index (χ3n) is 2.85. The van der Waals surface area contributed by atoms with Gasteiger partial charge in [0.15, 0.2) is 5.82 Å². The lowest BCUT2D eigenvalue weighted by atomic mass is 10.1. The minimum Gasteiger partial charge on any atom is -0.490 e. The summed E-state index contributed by atoms with van der Waals surface area (Å²) in [5.41, 5.74) is 0.899. The number of aromatic nitrogens is 1. The van der Waals surface area contributed by atoms with E-state index in [1.165, 1.54) is 18.4 Å². The molecule has 1 aliphatic rings. The van der Waals surface area contributed by atoms with E-state index in [1.807, 2.05) is 6.92 Å². The van der Waals surface area contributed by atoms with Gasteiger partial charge in [0.25, 0.3) is 10.0 Å². The van der Waals surface area contributed by atoms with E-state index >= 15 is 0 Å². The van der Waals surface area contributed by atoms with Crippen LogP contribution in [0.25, 0.3) is 0 Å². The molecule has 0 amide bonds. The van der Waals surface area contributed by atoms with E-state index in [-0.39, 0.29) is 16.8 Å². The summed E-state index contributed by atoms with van der Waals surface area (Å²) in [7, 11) is -3.65. The number of fused-ring (bicyclic) bond motifs is 1. The lowest BCUT2D eigenvalue weighted by molar-refractivity contribution is 0.254. The van der Waals surface area contributed by atoms with Gasteiger partial charge in [0.1, 0.15) is 18.1 Å². The van der Waals surface area contributed by atoms with Gasteiger partial charge in [0.2, 0.25) is 0 Å². The second-order valence-corrected chi connectivity index (χ2v) is 6.07. The first-order valence-corrected chi connectivity index (χ1v) is 7.26. The number of benzene rings is 1. The molecule has 1 aromatic heterocycles. The molecule has 2 heterocycles. The van der Waals surface area contributed by atoms with Crippen molar-refractivity contribution in [3.8, 4) is 5.75 Å². The highest BCUT2D eigenvalue weighted by Crippen LogP contribution is 2.31. The predicted molar refractivity (Wildman–Crippen MR) is 67.5 cm³/mol. The topological polar surface area (TPSA) is 81.4 Å². The molecule has 0 bridgehead atoms. The average molecular weight is 280 g/mol. The molecule has 1 aromatic carbocycles. The molecule has 3 rings (SSSR count). The molecule has 0 fully saturated rings. The molecule has 7 heteroatoms. The van der Waals surface area contributed by atoms with Crippen LogP contribution in [0, 0.1) is 0 Å². The molecule has 0 radical (unpaired) electrons. The zero-order chi connectivity index (χ0) is 13.5. The fraction of sp³-hybridized carbons (Fsp3) is 0.250. The van der Waals surface area contributed by atoms with E-state index < -0.39 is 10.0 Å². The third kappa shape index (κ3) is 2.28. The van der Waals surface area contributed by atoms with E-state index in [1.54, 1.807) is 12.1 Å². The summed E-state index contributed by atoms with van der Waals surface area (Å²) in [6.45, 7) is 1.95. The number of sulfonamides is 1. The van der Waals surface area contributed by atoms with Crippen molar-refractivity contribution in [3.63, 3.8) is 0 Å². The van der Waals surface area contributed by atoms with Crippen LogP contribution >= 0.6 is 0 Å². The lowest BCUT2D eigenvalue weighted by Gasteiger charge is -2.06. The molecule has 19 heavy (non-hydrogen) atoms. The first-order chi connectivity index (χ1) is 9.04. The van der Waals surface area contributed by atoms with Crippen molar-refractivity contribution >= 4 is 15.8 Å². The van der Waals surface area contributed by atoms with Crippen molar-refractivity contribution in [2.24, 2.45) is 0 Å². The molecule has 0 saturated carbocycles. The summed E-state index contributed by atoms with van der Waals surface area (Å²) < 4.78 is 36.8. The number of hydrogen-bond acceptors (Lipinski definition) is 5. The maximum Gasteiger partial charge on any atom is 0.263 e. The predicted octanol–water partition coefficient (Wildman–Crippen LogP) is 1.80. The fourth-order valence-electron chi connectivity index (χ4n) is 2.03. The second kappa shape index (κ2) is 4.27. The average Bonchev–Trinajstić information content (AvgIpc) is 2.95. The Balaban J connectivity index is 1.92. The number of nitrogens with zero attached hydrogens (tertiary/aromatic N) is 1. The Hall–Kier alpha value is -2.02. The minimum absolute atomic E-state index is 0.0800. The van der Waals surface area contributed by atoms with Gasteiger partial charge in [0, 0.05) is 12.5 Å². The van der Waals surface area contributed by atoms with Crippen LogP contribution in [0.4, 0.5) is 5.82 Å². The number of anilines is 1. The molecule has 1 atom stereocenters. The second-order valence-electron chi connectivity index (χ2n) is 4.39. The normalized spacial score (nSPS) is 17.8. The molecular weight excluding hydrogens is 268 g/mol. The number of nitrogens with one attached hydrogen (secondary N) is 1. The minimum atomic E-state index is -3.65. The van der Waals surface area contributed by atoms with E-state index in [0.717, 1.165) is 11.3 Å². The van der Waals surface area contributed by atoms with Gasteiger partial charge in [-0.25, -0.2) is 8.42 Å². The number of rotatable bonds is 3. The summed E-state index contributed by atoms with van der Waals surface area (Å²) >= 11 is 0. The molecule has 1 N–H and O–H groups in total. The van der Waals surface area contributed by atoms with Gasteiger partial charge in [-0.3, -0.25) is 4.72 Å². The Labute approximate surface area is 110 Å². The van der Waals surface area contributed by atoms with Gasteiger partial charge in [-0.2, -0.15) is 0 Å². The van der Waals surface area contributed by atoms with Gasteiger partial charge in [-0.1, -0.05) is 5.16 Å². The Morgan fingerprint density at radius 2 is 2.21 bits per heavy atom. The SMILES string of the molecule is CC1Cc2cc(S(=O)(=O)Nc3ccon3)ccc2O1. The van der Waals surface area contributed by atoms with E-state index in [0.29, 0.717) is 6.42 Å². The van der Waals surface area contributed by atoms with Gasteiger partial charge < -0.3 is 9.26 Å². The largest absolute Gasteiger partial charge is 0.490 e. The van der Waals surface area contributed by atoms with E-state index in [9.17, 15) is 8.42 Å². The van der Waals surface area contributed by atoms with Crippen LogP contribution in [-0.2, 0) is 16.4 Å². The summed E-state index contributed by atoms with van der Waals surface area (Å²) in [5, 5.41) is 3.52. The molecule has 0 saturated heterocycles.